The van der Waals surface area contributed by atoms with Gasteiger partial charge >= 0.3 is 0 Å². The number of hydrogen-bond donors (Lipinski definition) is 1. The van der Waals surface area contributed by atoms with E-state index in [-0.39, 0.29) is 11.1 Å². The van der Waals surface area contributed by atoms with Crippen LogP contribution >= 0.6 is 15.9 Å². The number of carbonyl (C=O) groups excluding carboxylic acids is 1. The van der Waals surface area contributed by atoms with E-state index < -0.39 is 28.6 Å². The second kappa shape index (κ2) is 5.32. The van der Waals surface area contributed by atoms with E-state index >= 15 is 0 Å². The van der Waals surface area contributed by atoms with Crippen molar-refractivity contribution in [2.45, 2.75) is 19.4 Å². The second-order valence-corrected chi connectivity index (χ2v) is 5.49. The first-order valence-electron chi connectivity index (χ1n) is 5.24. The van der Waals surface area contributed by atoms with Crippen LogP contribution in [0.1, 0.15) is 24.2 Å². The largest absolute Gasteiger partial charge is 0.394 e. The molecule has 0 saturated heterocycles. The van der Waals surface area contributed by atoms with Crippen molar-refractivity contribution < 1.29 is 18.7 Å². The summed E-state index contributed by atoms with van der Waals surface area (Å²) in [7, 11) is 1.39. The lowest BCUT2D eigenvalue weighted by Gasteiger charge is -2.34. The van der Waals surface area contributed by atoms with Crippen molar-refractivity contribution in [2.75, 3.05) is 13.7 Å². The normalized spacial score (nSPS) is 11.5. The van der Waals surface area contributed by atoms with Crippen LogP contribution in [0.4, 0.5) is 8.78 Å². The number of nitrogens with zero attached hydrogens (tertiary/aromatic N) is 1. The molecular formula is C12H14BrF2NO2. The number of likely N-dealkylation sites (N-methyl/N-ethyl adjacent to an activating group) is 1. The smallest absolute Gasteiger partial charge is 0.260 e. The summed E-state index contributed by atoms with van der Waals surface area (Å²) in [5.41, 5.74) is -1.52. The predicted octanol–water partition coefficient (Wildman–Crippen LogP) is 2.57. The molecule has 0 fully saturated rings. The molecule has 0 aliphatic heterocycles. The topological polar surface area (TPSA) is 40.5 Å². The number of rotatable bonds is 3. The third kappa shape index (κ3) is 2.87. The van der Waals surface area contributed by atoms with Crippen LogP contribution in [0.3, 0.4) is 0 Å². The van der Waals surface area contributed by atoms with Gasteiger partial charge in [-0.25, -0.2) is 8.78 Å². The highest BCUT2D eigenvalue weighted by Crippen LogP contribution is 2.23. The molecular weight excluding hydrogens is 308 g/mol. The van der Waals surface area contributed by atoms with Gasteiger partial charge in [-0.3, -0.25) is 4.79 Å². The zero-order valence-electron chi connectivity index (χ0n) is 10.3. The highest BCUT2D eigenvalue weighted by atomic mass is 79.9. The minimum absolute atomic E-state index is 0.220. The maximum atomic E-state index is 13.6. The molecule has 0 atom stereocenters. The predicted molar refractivity (Wildman–Crippen MR) is 67.3 cm³/mol. The Hall–Kier alpha value is -1.01. The Kier molecular flexibility index (Phi) is 4.45. The third-order valence-corrected chi connectivity index (χ3v) is 3.28. The van der Waals surface area contributed by atoms with Crippen LogP contribution in [0.15, 0.2) is 16.6 Å². The number of halogens is 3. The van der Waals surface area contributed by atoms with Crippen LogP contribution in [0.2, 0.25) is 0 Å². The molecule has 1 rings (SSSR count). The van der Waals surface area contributed by atoms with Gasteiger partial charge in [0.05, 0.1) is 12.1 Å². The first-order chi connectivity index (χ1) is 8.20. The molecule has 0 radical (unpaired) electrons. The first-order valence-corrected chi connectivity index (χ1v) is 6.03. The zero-order chi connectivity index (χ0) is 14.1. The zero-order valence-corrected chi connectivity index (χ0v) is 11.9. The minimum atomic E-state index is -0.938. The van der Waals surface area contributed by atoms with E-state index in [0.717, 1.165) is 17.0 Å². The Morgan fingerprint density at radius 3 is 2.22 bits per heavy atom. The number of hydrogen-bond acceptors (Lipinski definition) is 2. The Labute approximate surface area is 113 Å². The summed E-state index contributed by atoms with van der Waals surface area (Å²) in [5.74, 6) is -2.68. The van der Waals surface area contributed by atoms with E-state index in [1.807, 2.05) is 0 Å². The van der Waals surface area contributed by atoms with Crippen molar-refractivity contribution in [3.05, 3.63) is 33.8 Å². The average molecular weight is 322 g/mol. The quantitative estimate of drug-likeness (QED) is 0.929. The van der Waals surface area contributed by atoms with Crippen LogP contribution in [-0.2, 0) is 0 Å². The van der Waals surface area contributed by atoms with Crippen LogP contribution in [0.5, 0.6) is 0 Å². The van der Waals surface area contributed by atoms with Gasteiger partial charge < -0.3 is 10.0 Å². The highest BCUT2D eigenvalue weighted by molar-refractivity contribution is 9.10. The maximum Gasteiger partial charge on any atom is 0.260 e. The molecule has 1 N–H and O–H groups in total. The van der Waals surface area contributed by atoms with Crippen molar-refractivity contribution >= 4 is 21.8 Å². The Balaban J connectivity index is 3.20. The molecule has 0 aliphatic rings. The van der Waals surface area contributed by atoms with Gasteiger partial charge in [-0.1, -0.05) is 15.9 Å². The Morgan fingerprint density at radius 1 is 1.39 bits per heavy atom. The average Bonchev–Trinajstić information content (AvgIpc) is 2.26. The van der Waals surface area contributed by atoms with Gasteiger partial charge in [-0.2, -0.15) is 0 Å². The molecule has 0 spiro atoms. The molecule has 6 heteroatoms. The van der Waals surface area contributed by atoms with Crippen LogP contribution in [0, 0.1) is 11.6 Å². The van der Waals surface area contributed by atoms with E-state index in [2.05, 4.69) is 15.9 Å². The van der Waals surface area contributed by atoms with E-state index in [4.69, 9.17) is 5.11 Å². The first kappa shape index (κ1) is 15.0. The fourth-order valence-corrected chi connectivity index (χ4v) is 1.70. The lowest BCUT2D eigenvalue weighted by Crippen LogP contribution is -2.48. The Morgan fingerprint density at radius 2 is 1.83 bits per heavy atom. The van der Waals surface area contributed by atoms with Gasteiger partial charge in [-0.15, -0.1) is 0 Å². The molecule has 1 aromatic carbocycles. The fourth-order valence-electron chi connectivity index (χ4n) is 1.30. The van der Waals surface area contributed by atoms with Gasteiger partial charge in [0.1, 0.15) is 17.2 Å². The number of aliphatic hydroxyl groups is 1. The number of carbonyl (C=O) groups is 1. The highest BCUT2D eigenvalue weighted by Gasteiger charge is 2.31. The molecule has 0 aromatic heterocycles. The second-order valence-electron chi connectivity index (χ2n) is 4.58. The summed E-state index contributed by atoms with van der Waals surface area (Å²) in [5, 5.41) is 9.15. The molecule has 1 aromatic rings. The van der Waals surface area contributed by atoms with E-state index in [1.54, 1.807) is 13.8 Å². The molecule has 1 amide bonds. The van der Waals surface area contributed by atoms with Crippen molar-refractivity contribution in [1.29, 1.82) is 0 Å². The molecule has 0 saturated carbocycles. The summed E-state index contributed by atoms with van der Waals surface area (Å²) < 4.78 is 27.5. The van der Waals surface area contributed by atoms with Crippen molar-refractivity contribution in [3.63, 3.8) is 0 Å². The summed E-state index contributed by atoms with van der Waals surface area (Å²) in [6.45, 7) is 2.88. The van der Waals surface area contributed by atoms with Gasteiger partial charge in [0.15, 0.2) is 0 Å². The van der Waals surface area contributed by atoms with Gasteiger partial charge in [-0.05, 0) is 26.0 Å². The summed E-state index contributed by atoms with van der Waals surface area (Å²) in [4.78, 5) is 13.1. The van der Waals surface area contributed by atoms with Crippen LogP contribution in [0.25, 0.3) is 0 Å². The van der Waals surface area contributed by atoms with E-state index in [9.17, 15) is 13.6 Å². The van der Waals surface area contributed by atoms with Crippen LogP contribution in [-0.4, -0.2) is 35.1 Å². The van der Waals surface area contributed by atoms with Gasteiger partial charge in [0.25, 0.3) is 5.91 Å². The summed E-state index contributed by atoms with van der Waals surface area (Å²) in [6, 6.07) is 2.05. The molecule has 18 heavy (non-hydrogen) atoms. The molecule has 3 nitrogen and oxygen atoms in total. The monoisotopic (exact) mass is 321 g/mol. The molecule has 0 heterocycles. The molecule has 0 bridgehead atoms. The number of aliphatic hydroxyl groups excluding tert-OH is 1. The number of amides is 1. The van der Waals surface area contributed by atoms with Crippen molar-refractivity contribution in [1.82, 2.24) is 4.90 Å². The molecule has 100 valence electrons. The van der Waals surface area contributed by atoms with Gasteiger partial charge in [0.2, 0.25) is 0 Å². The SMILES string of the molecule is CN(C(=O)c1c(F)cc(Br)cc1F)C(C)(C)CO. The lowest BCUT2D eigenvalue weighted by atomic mass is 10.0. The number of benzene rings is 1. The minimum Gasteiger partial charge on any atom is -0.394 e. The molecule has 0 aliphatic carbocycles. The standard InChI is InChI=1S/C12H14BrF2NO2/c1-12(2,6-17)16(3)11(18)10-8(14)4-7(13)5-9(10)15/h4-5,17H,6H2,1-3H3. The van der Waals surface area contributed by atoms with E-state index in [0.29, 0.717) is 0 Å². The fraction of sp³-hybridized carbons (Fsp3) is 0.417. The Bertz CT molecular complexity index is 454. The van der Waals surface area contributed by atoms with Crippen molar-refractivity contribution in [2.24, 2.45) is 0 Å². The summed E-state index contributed by atoms with van der Waals surface area (Å²) in [6.07, 6.45) is 0. The maximum absolute atomic E-state index is 13.6. The molecule has 0 unspecified atom stereocenters. The van der Waals surface area contributed by atoms with Crippen molar-refractivity contribution in [3.8, 4) is 0 Å². The van der Waals surface area contributed by atoms with Gasteiger partial charge in [0, 0.05) is 11.5 Å². The summed E-state index contributed by atoms with van der Waals surface area (Å²) >= 11 is 2.94. The third-order valence-electron chi connectivity index (χ3n) is 2.82. The van der Waals surface area contributed by atoms with Crippen LogP contribution < -0.4 is 0 Å². The van der Waals surface area contributed by atoms with E-state index in [1.165, 1.54) is 7.05 Å². The lowest BCUT2D eigenvalue weighted by molar-refractivity contribution is 0.0464.